The Morgan fingerprint density at radius 1 is 0.438 bits per heavy atom. The molecule has 1 aliphatic carbocycles. The normalized spacial score (nSPS) is 12.4. The molecule has 0 heterocycles. The first-order chi connectivity index (χ1) is 15.6. The fourth-order valence-corrected chi connectivity index (χ4v) is 4.14. The standard InChI is InChI=1S/C28H20O4/c29-15-17-1-5-19(6-2-17)21-9-11-23-25(13-21)26-14-22(10-12-24(26)28(32)27(23)31)20-7-3-18(16-30)4-8-20/h1-14,29-30H,15-16H2. The summed E-state index contributed by atoms with van der Waals surface area (Å²) in [5.41, 5.74) is 7.74. The van der Waals surface area contributed by atoms with Crippen molar-refractivity contribution in [3.63, 3.8) is 0 Å². The zero-order chi connectivity index (χ0) is 22.2. The van der Waals surface area contributed by atoms with Crippen molar-refractivity contribution < 1.29 is 19.8 Å². The Kier molecular flexibility index (Phi) is 5.02. The van der Waals surface area contributed by atoms with Gasteiger partial charge in [-0.05, 0) is 68.8 Å². The van der Waals surface area contributed by atoms with E-state index in [1.807, 2.05) is 72.8 Å². The zero-order valence-electron chi connectivity index (χ0n) is 17.2. The van der Waals surface area contributed by atoms with Crippen LogP contribution in [0, 0.1) is 0 Å². The van der Waals surface area contributed by atoms with Crippen molar-refractivity contribution in [1.29, 1.82) is 0 Å². The van der Waals surface area contributed by atoms with Gasteiger partial charge in [0, 0.05) is 11.1 Å². The van der Waals surface area contributed by atoms with Crippen LogP contribution in [0.2, 0.25) is 0 Å². The third-order valence-corrected chi connectivity index (χ3v) is 5.96. The molecule has 0 aliphatic heterocycles. The van der Waals surface area contributed by atoms with Crippen molar-refractivity contribution in [2.45, 2.75) is 13.2 Å². The van der Waals surface area contributed by atoms with Crippen LogP contribution in [0.25, 0.3) is 33.4 Å². The van der Waals surface area contributed by atoms with Crippen LogP contribution in [0.15, 0.2) is 84.9 Å². The third kappa shape index (κ3) is 3.36. The van der Waals surface area contributed by atoms with E-state index in [1.165, 1.54) is 0 Å². The number of ketones is 2. The van der Waals surface area contributed by atoms with Gasteiger partial charge in [-0.15, -0.1) is 0 Å². The van der Waals surface area contributed by atoms with E-state index in [9.17, 15) is 19.8 Å². The van der Waals surface area contributed by atoms with Gasteiger partial charge in [-0.1, -0.05) is 60.7 Å². The predicted octanol–water partition coefficient (Wildman–Crippen LogP) is 5.05. The Morgan fingerprint density at radius 3 is 1.12 bits per heavy atom. The molecule has 0 spiro atoms. The predicted molar refractivity (Wildman–Crippen MR) is 123 cm³/mol. The molecule has 5 rings (SSSR count). The van der Waals surface area contributed by atoms with Gasteiger partial charge in [-0.25, -0.2) is 0 Å². The van der Waals surface area contributed by atoms with E-state index in [2.05, 4.69) is 0 Å². The number of fused-ring (bicyclic) bond motifs is 3. The summed E-state index contributed by atoms with van der Waals surface area (Å²) < 4.78 is 0. The minimum atomic E-state index is -0.491. The second kappa shape index (κ2) is 8.00. The van der Waals surface area contributed by atoms with Crippen molar-refractivity contribution in [2.75, 3.05) is 0 Å². The highest BCUT2D eigenvalue weighted by Gasteiger charge is 2.30. The molecule has 156 valence electrons. The highest BCUT2D eigenvalue weighted by atomic mass is 16.3. The van der Waals surface area contributed by atoms with Crippen molar-refractivity contribution in [1.82, 2.24) is 0 Å². The maximum atomic E-state index is 12.7. The molecule has 0 unspecified atom stereocenters. The molecule has 1 aliphatic rings. The quantitative estimate of drug-likeness (QED) is 0.453. The average Bonchev–Trinajstić information content (AvgIpc) is 2.86. The number of aliphatic hydroxyl groups is 2. The number of rotatable bonds is 4. The second-order valence-corrected chi connectivity index (χ2v) is 7.89. The van der Waals surface area contributed by atoms with Gasteiger partial charge in [0.05, 0.1) is 13.2 Å². The summed E-state index contributed by atoms with van der Waals surface area (Å²) in [7, 11) is 0. The van der Waals surface area contributed by atoms with Gasteiger partial charge in [-0.3, -0.25) is 9.59 Å². The van der Waals surface area contributed by atoms with E-state index in [0.29, 0.717) is 11.1 Å². The van der Waals surface area contributed by atoms with Gasteiger partial charge in [0.25, 0.3) is 0 Å². The van der Waals surface area contributed by atoms with Crippen LogP contribution < -0.4 is 0 Å². The molecular formula is C28H20O4. The van der Waals surface area contributed by atoms with E-state index in [1.54, 1.807) is 12.1 Å². The Labute approximate surface area is 185 Å². The Morgan fingerprint density at radius 2 is 0.781 bits per heavy atom. The van der Waals surface area contributed by atoms with Crippen LogP contribution in [0.1, 0.15) is 31.8 Å². The minimum absolute atomic E-state index is 0.0173. The van der Waals surface area contributed by atoms with Gasteiger partial charge in [-0.2, -0.15) is 0 Å². The van der Waals surface area contributed by atoms with Crippen molar-refractivity contribution >= 4 is 11.6 Å². The first-order valence-electron chi connectivity index (χ1n) is 10.4. The molecule has 0 radical (unpaired) electrons. The summed E-state index contributed by atoms with van der Waals surface area (Å²) in [6, 6.07) is 26.2. The van der Waals surface area contributed by atoms with Crippen LogP contribution in [-0.2, 0) is 13.2 Å². The van der Waals surface area contributed by atoms with Crippen LogP contribution in [0.4, 0.5) is 0 Å². The van der Waals surface area contributed by atoms with Crippen LogP contribution >= 0.6 is 0 Å². The largest absolute Gasteiger partial charge is 0.392 e. The summed E-state index contributed by atoms with van der Waals surface area (Å²) >= 11 is 0. The molecule has 0 fully saturated rings. The lowest BCUT2D eigenvalue weighted by Crippen LogP contribution is -2.21. The van der Waals surface area contributed by atoms with E-state index in [0.717, 1.165) is 44.5 Å². The fourth-order valence-electron chi connectivity index (χ4n) is 4.14. The molecule has 0 atom stereocenters. The lowest BCUT2D eigenvalue weighted by Gasteiger charge is -2.20. The number of hydrogen-bond acceptors (Lipinski definition) is 4. The number of carbonyl (C=O) groups is 2. The summed E-state index contributed by atoms with van der Waals surface area (Å²) in [5.74, 6) is -0.982. The molecular weight excluding hydrogens is 400 g/mol. The molecule has 0 saturated carbocycles. The highest BCUT2D eigenvalue weighted by Crippen LogP contribution is 2.38. The topological polar surface area (TPSA) is 74.6 Å². The molecule has 0 bridgehead atoms. The maximum Gasteiger partial charge on any atom is 0.234 e. The molecule has 4 aromatic carbocycles. The van der Waals surface area contributed by atoms with Gasteiger partial charge < -0.3 is 10.2 Å². The summed E-state index contributed by atoms with van der Waals surface area (Å²) in [5, 5.41) is 18.6. The molecule has 2 N–H and O–H groups in total. The van der Waals surface area contributed by atoms with Crippen LogP contribution in [0.5, 0.6) is 0 Å². The van der Waals surface area contributed by atoms with Crippen molar-refractivity contribution in [3.8, 4) is 33.4 Å². The fraction of sp³-hybridized carbons (Fsp3) is 0.0714. The number of aliphatic hydroxyl groups excluding tert-OH is 2. The van der Waals surface area contributed by atoms with Crippen molar-refractivity contribution in [3.05, 3.63) is 107 Å². The number of Topliss-reactive ketones (excluding diaryl/α,β-unsaturated/α-hetero) is 2. The molecule has 32 heavy (non-hydrogen) atoms. The average molecular weight is 420 g/mol. The highest BCUT2D eigenvalue weighted by molar-refractivity contribution is 6.53. The second-order valence-electron chi connectivity index (χ2n) is 7.89. The SMILES string of the molecule is O=C1C(=O)c2ccc(-c3ccc(CO)cc3)cc2-c2cc(-c3ccc(CO)cc3)ccc21. The van der Waals surface area contributed by atoms with Crippen LogP contribution in [-0.4, -0.2) is 21.8 Å². The Bertz CT molecular complexity index is 1240. The number of hydrogen-bond donors (Lipinski definition) is 2. The first-order valence-corrected chi connectivity index (χ1v) is 10.4. The first kappa shape index (κ1) is 20.1. The Balaban J connectivity index is 1.64. The summed E-state index contributed by atoms with van der Waals surface area (Å²) in [6.07, 6.45) is 0. The summed E-state index contributed by atoms with van der Waals surface area (Å²) in [4.78, 5) is 25.5. The molecule has 4 aromatic rings. The van der Waals surface area contributed by atoms with Gasteiger partial charge in [0.15, 0.2) is 0 Å². The number of benzene rings is 4. The van der Waals surface area contributed by atoms with E-state index >= 15 is 0 Å². The van der Waals surface area contributed by atoms with Crippen LogP contribution in [0.3, 0.4) is 0 Å². The van der Waals surface area contributed by atoms with Gasteiger partial charge in [0.2, 0.25) is 11.6 Å². The molecule has 4 heteroatoms. The van der Waals surface area contributed by atoms with E-state index in [-0.39, 0.29) is 13.2 Å². The smallest absolute Gasteiger partial charge is 0.234 e. The van der Waals surface area contributed by atoms with Gasteiger partial charge >= 0.3 is 0 Å². The monoisotopic (exact) mass is 420 g/mol. The lowest BCUT2D eigenvalue weighted by molar-refractivity contribution is 0.0815. The minimum Gasteiger partial charge on any atom is -0.392 e. The number of carbonyl (C=O) groups excluding carboxylic acids is 2. The molecule has 0 saturated heterocycles. The molecule has 0 amide bonds. The molecule has 0 aromatic heterocycles. The maximum absolute atomic E-state index is 12.7. The zero-order valence-corrected chi connectivity index (χ0v) is 17.2. The van der Waals surface area contributed by atoms with E-state index in [4.69, 9.17) is 0 Å². The van der Waals surface area contributed by atoms with Gasteiger partial charge in [0.1, 0.15) is 0 Å². The lowest BCUT2D eigenvalue weighted by atomic mass is 9.81. The third-order valence-electron chi connectivity index (χ3n) is 5.96. The Hall–Kier alpha value is -3.86. The molecule has 4 nitrogen and oxygen atoms in total. The van der Waals surface area contributed by atoms with E-state index < -0.39 is 11.6 Å². The van der Waals surface area contributed by atoms with Crippen molar-refractivity contribution in [2.24, 2.45) is 0 Å². The summed E-state index contributed by atoms with van der Waals surface area (Å²) in [6.45, 7) is -0.0347.